The number of hydrogen-bond donors (Lipinski definition) is 1. The Bertz CT molecular complexity index is 310. The number of benzene rings is 1. The molecule has 1 unspecified atom stereocenters. The third kappa shape index (κ3) is 8.98. The molecule has 0 bridgehead atoms. The molecule has 0 saturated heterocycles. The van der Waals surface area contributed by atoms with E-state index in [4.69, 9.17) is 4.74 Å². The Balaban J connectivity index is 1.91. The lowest BCUT2D eigenvalue weighted by atomic mass is 10.1. The monoisotopic (exact) mass is 278 g/mol. The van der Waals surface area contributed by atoms with E-state index in [1.54, 1.807) is 0 Å². The third-order valence-corrected chi connectivity index (χ3v) is 3.58. The maximum Gasteiger partial charge on any atom is 0.119 e. The fraction of sp³-hybridized carbons (Fsp3) is 0.667. The van der Waals surface area contributed by atoms with Crippen LogP contribution in [0.25, 0.3) is 0 Å². The molecule has 2 nitrogen and oxygen atoms in total. The van der Waals surface area contributed by atoms with Crippen molar-refractivity contribution in [3.63, 3.8) is 0 Å². The van der Waals surface area contributed by atoms with Gasteiger partial charge in [0, 0.05) is 0 Å². The molecule has 114 valence electrons. The molecule has 1 aromatic carbocycles. The van der Waals surface area contributed by atoms with Gasteiger partial charge in [0.1, 0.15) is 12.4 Å². The zero-order valence-corrected chi connectivity index (χ0v) is 12.9. The Labute approximate surface area is 124 Å². The summed E-state index contributed by atoms with van der Waals surface area (Å²) in [5.74, 6) is 0.836. The highest BCUT2D eigenvalue weighted by Crippen LogP contribution is 2.12. The fourth-order valence-electron chi connectivity index (χ4n) is 2.31. The Morgan fingerprint density at radius 1 is 0.900 bits per heavy atom. The van der Waals surface area contributed by atoms with Crippen molar-refractivity contribution in [2.24, 2.45) is 0 Å². The van der Waals surface area contributed by atoms with E-state index in [0.29, 0.717) is 6.61 Å². The van der Waals surface area contributed by atoms with Crippen molar-refractivity contribution in [3.05, 3.63) is 30.3 Å². The molecule has 0 heterocycles. The smallest absolute Gasteiger partial charge is 0.119 e. The first-order valence-electron chi connectivity index (χ1n) is 8.19. The molecule has 0 spiro atoms. The van der Waals surface area contributed by atoms with Gasteiger partial charge in [-0.05, 0) is 18.6 Å². The van der Waals surface area contributed by atoms with E-state index in [9.17, 15) is 5.11 Å². The standard InChI is InChI=1S/C18H30O2/c1-2-3-4-5-6-7-8-10-13-17(19)16-20-18-14-11-9-12-15-18/h9,11-12,14-15,17,19H,2-8,10,13,16H2,1H3. The van der Waals surface area contributed by atoms with Crippen LogP contribution in [-0.2, 0) is 0 Å². The van der Waals surface area contributed by atoms with Crippen molar-refractivity contribution in [3.8, 4) is 5.75 Å². The molecule has 1 aromatic rings. The van der Waals surface area contributed by atoms with Crippen molar-refractivity contribution in [2.45, 2.75) is 70.8 Å². The molecule has 2 heteroatoms. The molecule has 0 amide bonds. The van der Waals surface area contributed by atoms with Crippen LogP contribution in [0, 0.1) is 0 Å². The number of aliphatic hydroxyl groups is 1. The lowest BCUT2D eigenvalue weighted by Gasteiger charge is -2.12. The molecule has 0 saturated carbocycles. The molecule has 0 radical (unpaired) electrons. The van der Waals surface area contributed by atoms with Gasteiger partial charge in [-0.25, -0.2) is 0 Å². The number of para-hydroxylation sites is 1. The molecule has 1 N–H and O–H groups in total. The number of rotatable bonds is 12. The Morgan fingerprint density at radius 2 is 1.50 bits per heavy atom. The summed E-state index contributed by atoms with van der Waals surface area (Å²) >= 11 is 0. The van der Waals surface area contributed by atoms with Crippen LogP contribution in [0.4, 0.5) is 0 Å². The second-order valence-corrected chi connectivity index (χ2v) is 5.54. The van der Waals surface area contributed by atoms with Crippen molar-refractivity contribution in [1.29, 1.82) is 0 Å². The normalized spacial score (nSPS) is 12.3. The van der Waals surface area contributed by atoms with Crippen LogP contribution in [0.3, 0.4) is 0 Å². The molecule has 0 fully saturated rings. The first-order valence-corrected chi connectivity index (χ1v) is 8.19. The Kier molecular flexibility index (Phi) is 10.0. The van der Waals surface area contributed by atoms with Gasteiger partial charge in [0.2, 0.25) is 0 Å². The number of unbranched alkanes of at least 4 members (excludes halogenated alkanes) is 7. The minimum absolute atomic E-state index is 0.338. The van der Waals surface area contributed by atoms with Gasteiger partial charge in [-0.15, -0.1) is 0 Å². The van der Waals surface area contributed by atoms with E-state index in [2.05, 4.69) is 6.92 Å². The second-order valence-electron chi connectivity index (χ2n) is 5.54. The van der Waals surface area contributed by atoms with Gasteiger partial charge < -0.3 is 9.84 Å². The molecule has 0 aromatic heterocycles. The minimum Gasteiger partial charge on any atom is -0.491 e. The first-order chi connectivity index (χ1) is 9.83. The highest BCUT2D eigenvalue weighted by molar-refractivity contribution is 5.20. The first kappa shape index (κ1) is 17.0. The zero-order valence-electron chi connectivity index (χ0n) is 12.9. The summed E-state index contributed by atoms with van der Waals surface area (Å²) in [6.45, 7) is 2.65. The van der Waals surface area contributed by atoms with E-state index < -0.39 is 0 Å². The second kappa shape index (κ2) is 11.8. The summed E-state index contributed by atoms with van der Waals surface area (Å²) in [5.41, 5.74) is 0. The van der Waals surface area contributed by atoms with E-state index in [0.717, 1.165) is 18.6 Å². The van der Waals surface area contributed by atoms with Gasteiger partial charge in [-0.2, -0.15) is 0 Å². The van der Waals surface area contributed by atoms with Crippen LogP contribution in [0.5, 0.6) is 5.75 Å². The summed E-state index contributed by atoms with van der Waals surface area (Å²) < 4.78 is 5.54. The predicted molar refractivity (Wildman–Crippen MR) is 85.2 cm³/mol. The largest absolute Gasteiger partial charge is 0.491 e. The molecule has 1 atom stereocenters. The average Bonchev–Trinajstić information content (AvgIpc) is 2.49. The molecular weight excluding hydrogens is 248 g/mol. The summed E-state index contributed by atoms with van der Waals surface area (Å²) in [5, 5.41) is 9.86. The SMILES string of the molecule is CCCCCCCCCCC(O)COc1ccccc1. The summed E-state index contributed by atoms with van der Waals surface area (Å²) in [6, 6.07) is 9.69. The number of aliphatic hydroxyl groups excluding tert-OH is 1. The van der Waals surface area contributed by atoms with Crippen molar-refractivity contribution in [2.75, 3.05) is 6.61 Å². The Hall–Kier alpha value is -1.02. The van der Waals surface area contributed by atoms with Crippen LogP contribution in [-0.4, -0.2) is 17.8 Å². The highest BCUT2D eigenvalue weighted by atomic mass is 16.5. The Morgan fingerprint density at radius 3 is 2.15 bits per heavy atom. The van der Waals surface area contributed by atoms with Crippen LogP contribution >= 0.6 is 0 Å². The van der Waals surface area contributed by atoms with Crippen molar-refractivity contribution >= 4 is 0 Å². The zero-order chi connectivity index (χ0) is 14.5. The van der Waals surface area contributed by atoms with Crippen LogP contribution < -0.4 is 4.74 Å². The van der Waals surface area contributed by atoms with E-state index in [-0.39, 0.29) is 6.10 Å². The summed E-state index contributed by atoms with van der Waals surface area (Å²) in [7, 11) is 0. The average molecular weight is 278 g/mol. The molecule has 20 heavy (non-hydrogen) atoms. The molecule has 0 aliphatic rings. The summed E-state index contributed by atoms with van der Waals surface area (Å²) in [4.78, 5) is 0. The van der Waals surface area contributed by atoms with Crippen LogP contribution in [0.2, 0.25) is 0 Å². The van der Waals surface area contributed by atoms with Crippen molar-refractivity contribution < 1.29 is 9.84 Å². The minimum atomic E-state index is -0.338. The van der Waals surface area contributed by atoms with Gasteiger partial charge in [0.05, 0.1) is 6.10 Å². The highest BCUT2D eigenvalue weighted by Gasteiger charge is 2.04. The quantitative estimate of drug-likeness (QED) is 0.548. The van der Waals surface area contributed by atoms with Gasteiger partial charge in [0.15, 0.2) is 0 Å². The topological polar surface area (TPSA) is 29.5 Å². The van der Waals surface area contributed by atoms with Gasteiger partial charge >= 0.3 is 0 Å². The molecular formula is C18H30O2. The maximum atomic E-state index is 9.86. The van der Waals surface area contributed by atoms with Gasteiger partial charge in [0.25, 0.3) is 0 Å². The van der Waals surface area contributed by atoms with Crippen LogP contribution in [0.15, 0.2) is 30.3 Å². The van der Waals surface area contributed by atoms with Crippen molar-refractivity contribution in [1.82, 2.24) is 0 Å². The van der Waals surface area contributed by atoms with E-state index >= 15 is 0 Å². The van der Waals surface area contributed by atoms with Gasteiger partial charge in [-0.1, -0.05) is 76.5 Å². The number of ether oxygens (including phenoxy) is 1. The molecule has 1 rings (SSSR count). The molecule has 0 aliphatic heterocycles. The molecule has 0 aliphatic carbocycles. The van der Waals surface area contributed by atoms with Gasteiger partial charge in [-0.3, -0.25) is 0 Å². The van der Waals surface area contributed by atoms with E-state index in [1.807, 2.05) is 30.3 Å². The maximum absolute atomic E-state index is 9.86. The lowest BCUT2D eigenvalue weighted by Crippen LogP contribution is -2.17. The fourth-order valence-corrected chi connectivity index (χ4v) is 2.31. The van der Waals surface area contributed by atoms with Crippen LogP contribution in [0.1, 0.15) is 64.7 Å². The lowest BCUT2D eigenvalue weighted by molar-refractivity contribution is 0.0975. The summed E-state index contributed by atoms with van der Waals surface area (Å²) in [6.07, 6.45) is 10.9. The van der Waals surface area contributed by atoms with E-state index in [1.165, 1.54) is 44.9 Å². The predicted octanol–water partition coefficient (Wildman–Crippen LogP) is 4.96. The number of hydrogen-bond acceptors (Lipinski definition) is 2. The third-order valence-electron chi connectivity index (χ3n) is 3.58.